The van der Waals surface area contributed by atoms with E-state index in [-0.39, 0.29) is 12.4 Å². The fourth-order valence-electron chi connectivity index (χ4n) is 2.18. The first-order valence-corrected chi connectivity index (χ1v) is 6.71. The number of hydrogen-bond donors (Lipinski definition) is 1. The maximum atomic E-state index is 11.7. The second kappa shape index (κ2) is 6.27. The van der Waals surface area contributed by atoms with E-state index < -0.39 is 11.0 Å². The highest BCUT2D eigenvalue weighted by atomic mass is 16.5. The van der Waals surface area contributed by atoms with Crippen molar-refractivity contribution in [2.75, 3.05) is 14.2 Å². The highest BCUT2D eigenvalue weighted by molar-refractivity contribution is 5.70. The number of rotatable bonds is 6. The quantitative estimate of drug-likeness (QED) is 0.813. The van der Waals surface area contributed by atoms with Crippen molar-refractivity contribution in [3.05, 3.63) is 29.8 Å². The first-order valence-electron chi connectivity index (χ1n) is 6.71. The van der Waals surface area contributed by atoms with Crippen LogP contribution < -0.4 is 10.5 Å². The predicted octanol–water partition coefficient (Wildman–Crippen LogP) is 2.54. The molecule has 1 atom stereocenters. The molecule has 0 amide bonds. The van der Waals surface area contributed by atoms with Gasteiger partial charge in [-0.3, -0.25) is 4.79 Å². The molecule has 4 nitrogen and oxygen atoms in total. The van der Waals surface area contributed by atoms with Crippen LogP contribution in [0.1, 0.15) is 32.8 Å². The Labute approximate surface area is 121 Å². The Bertz CT molecular complexity index is 465. The second-order valence-electron chi connectivity index (χ2n) is 6.02. The molecule has 1 aromatic rings. The van der Waals surface area contributed by atoms with Crippen molar-refractivity contribution in [2.45, 2.75) is 39.2 Å². The smallest absolute Gasteiger partial charge is 0.306 e. The minimum atomic E-state index is -0.526. The van der Waals surface area contributed by atoms with Crippen molar-refractivity contribution in [3.63, 3.8) is 0 Å². The van der Waals surface area contributed by atoms with Gasteiger partial charge in [-0.05, 0) is 37.3 Å². The lowest BCUT2D eigenvalue weighted by Gasteiger charge is -2.41. The number of carbonyl (C=O) groups excluding carboxylic acids is 1. The molecule has 1 aromatic carbocycles. The number of hydrogen-bond acceptors (Lipinski definition) is 4. The predicted molar refractivity (Wildman–Crippen MR) is 79.7 cm³/mol. The Hall–Kier alpha value is -1.55. The molecule has 0 saturated heterocycles. The van der Waals surface area contributed by atoms with Crippen molar-refractivity contribution < 1.29 is 14.3 Å². The van der Waals surface area contributed by atoms with E-state index in [0.29, 0.717) is 6.42 Å². The standard InChI is InChI=1S/C16H25NO3/c1-15(2,17)16(3,11-14(18)20-5)10-12-8-6-7-9-13(12)19-4/h6-9H,10-11,17H2,1-5H3. The molecular formula is C16H25NO3. The third-order valence-electron chi connectivity index (χ3n) is 4.09. The number of nitrogens with two attached hydrogens (primary N) is 1. The fourth-order valence-corrected chi connectivity index (χ4v) is 2.18. The average molecular weight is 279 g/mol. The van der Waals surface area contributed by atoms with E-state index in [9.17, 15) is 4.79 Å². The minimum Gasteiger partial charge on any atom is -0.496 e. The van der Waals surface area contributed by atoms with Crippen LogP contribution in [-0.4, -0.2) is 25.7 Å². The van der Waals surface area contributed by atoms with Crippen LogP contribution in [0.2, 0.25) is 0 Å². The van der Waals surface area contributed by atoms with Crippen molar-refractivity contribution >= 4 is 5.97 Å². The van der Waals surface area contributed by atoms with Gasteiger partial charge in [-0.1, -0.05) is 25.1 Å². The molecule has 0 radical (unpaired) electrons. The number of para-hydroxylation sites is 1. The SMILES string of the molecule is COC(=O)CC(C)(Cc1ccccc1OC)C(C)(C)N. The number of benzene rings is 1. The lowest BCUT2D eigenvalue weighted by molar-refractivity contribution is -0.144. The molecule has 0 saturated carbocycles. The lowest BCUT2D eigenvalue weighted by Crippen LogP contribution is -2.51. The summed E-state index contributed by atoms with van der Waals surface area (Å²) in [7, 11) is 3.04. The summed E-state index contributed by atoms with van der Waals surface area (Å²) in [5.74, 6) is 0.564. The van der Waals surface area contributed by atoms with Gasteiger partial charge in [0, 0.05) is 5.54 Å². The summed E-state index contributed by atoms with van der Waals surface area (Å²) in [6.45, 7) is 5.88. The number of ether oxygens (including phenoxy) is 2. The van der Waals surface area contributed by atoms with Crippen molar-refractivity contribution in [1.82, 2.24) is 0 Å². The largest absolute Gasteiger partial charge is 0.496 e. The highest BCUT2D eigenvalue weighted by Crippen LogP contribution is 2.38. The summed E-state index contributed by atoms with van der Waals surface area (Å²) in [5, 5.41) is 0. The third kappa shape index (κ3) is 3.73. The number of carbonyl (C=O) groups is 1. The van der Waals surface area contributed by atoms with Crippen LogP contribution in [-0.2, 0) is 16.0 Å². The Morgan fingerprint density at radius 1 is 1.20 bits per heavy atom. The molecule has 0 heterocycles. The van der Waals surface area contributed by atoms with Crippen LogP contribution in [0.3, 0.4) is 0 Å². The van der Waals surface area contributed by atoms with Gasteiger partial charge in [-0.2, -0.15) is 0 Å². The van der Waals surface area contributed by atoms with Gasteiger partial charge in [-0.15, -0.1) is 0 Å². The normalized spacial score (nSPS) is 14.5. The first-order chi connectivity index (χ1) is 9.23. The van der Waals surface area contributed by atoms with Gasteiger partial charge >= 0.3 is 5.97 Å². The molecule has 0 fully saturated rings. The van der Waals surface area contributed by atoms with Crippen LogP contribution in [0.5, 0.6) is 5.75 Å². The summed E-state index contributed by atoms with van der Waals surface area (Å²) in [6.07, 6.45) is 0.917. The molecule has 1 unspecified atom stereocenters. The van der Waals surface area contributed by atoms with Crippen LogP contribution in [0.4, 0.5) is 0 Å². The molecule has 1 rings (SSSR count). The molecule has 4 heteroatoms. The van der Waals surface area contributed by atoms with E-state index in [1.165, 1.54) is 7.11 Å². The topological polar surface area (TPSA) is 61.5 Å². The number of esters is 1. The molecule has 0 aliphatic rings. The van der Waals surface area contributed by atoms with Gasteiger partial charge in [0.25, 0.3) is 0 Å². The van der Waals surface area contributed by atoms with E-state index in [0.717, 1.165) is 11.3 Å². The average Bonchev–Trinajstić information content (AvgIpc) is 2.37. The van der Waals surface area contributed by atoms with Crippen LogP contribution in [0.25, 0.3) is 0 Å². The second-order valence-corrected chi connectivity index (χ2v) is 6.02. The maximum absolute atomic E-state index is 11.7. The number of methoxy groups -OCH3 is 2. The maximum Gasteiger partial charge on any atom is 0.306 e. The summed E-state index contributed by atoms with van der Waals surface area (Å²) in [6, 6.07) is 7.80. The third-order valence-corrected chi connectivity index (χ3v) is 4.09. The van der Waals surface area contributed by atoms with Gasteiger partial charge in [0.15, 0.2) is 0 Å². The van der Waals surface area contributed by atoms with Gasteiger partial charge in [0.1, 0.15) is 5.75 Å². The Balaban J connectivity index is 3.10. The summed E-state index contributed by atoms with van der Waals surface area (Å²) in [4.78, 5) is 11.7. The van der Waals surface area contributed by atoms with E-state index in [2.05, 4.69) is 0 Å². The molecule has 0 bridgehead atoms. The van der Waals surface area contributed by atoms with Crippen LogP contribution in [0, 0.1) is 5.41 Å². The van der Waals surface area contributed by atoms with Crippen molar-refractivity contribution in [2.24, 2.45) is 11.1 Å². The Morgan fingerprint density at radius 3 is 2.30 bits per heavy atom. The van der Waals surface area contributed by atoms with Crippen LogP contribution >= 0.6 is 0 Å². The molecular weight excluding hydrogens is 254 g/mol. The Morgan fingerprint density at radius 2 is 1.80 bits per heavy atom. The van der Waals surface area contributed by atoms with E-state index >= 15 is 0 Å². The van der Waals surface area contributed by atoms with Gasteiger partial charge in [0.05, 0.1) is 20.6 Å². The summed E-state index contributed by atoms with van der Waals surface area (Å²) in [5.41, 5.74) is 6.40. The summed E-state index contributed by atoms with van der Waals surface area (Å²) < 4.78 is 10.2. The molecule has 0 spiro atoms. The Kier molecular flexibility index (Phi) is 5.17. The van der Waals surface area contributed by atoms with Crippen molar-refractivity contribution in [3.8, 4) is 5.75 Å². The monoisotopic (exact) mass is 279 g/mol. The zero-order chi connectivity index (χ0) is 15.4. The molecule has 20 heavy (non-hydrogen) atoms. The van der Waals surface area contributed by atoms with Gasteiger partial charge < -0.3 is 15.2 Å². The molecule has 0 aliphatic heterocycles. The minimum absolute atomic E-state index is 0.249. The molecule has 2 N–H and O–H groups in total. The fraction of sp³-hybridized carbons (Fsp3) is 0.562. The zero-order valence-electron chi connectivity index (χ0n) is 13.0. The van der Waals surface area contributed by atoms with E-state index in [4.69, 9.17) is 15.2 Å². The van der Waals surface area contributed by atoms with E-state index in [1.807, 2.05) is 45.0 Å². The summed E-state index contributed by atoms with van der Waals surface area (Å²) >= 11 is 0. The first kappa shape index (κ1) is 16.5. The molecule has 0 aromatic heterocycles. The van der Waals surface area contributed by atoms with Gasteiger partial charge in [0.2, 0.25) is 0 Å². The highest BCUT2D eigenvalue weighted by Gasteiger charge is 2.40. The molecule has 0 aliphatic carbocycles. The van der Waals surface area contributed by atoms with Crippen molar-refractivity contribution in [1.29, 1.82) is 0 Å². The molecule has 112 valence electrons. The zero-order valence-corrected chi connectivity index (χ0v) is 13.0. The van der Waals surface area contributed by atoms with E-state index in [1.54, 1.807) is 7.11 Å². The lowest BCUT2D eigenvalue weighted by atomic mass is 9.67. The van der Waals surface area contributed by atoms with Crippen LogP contribution in [0.15, 0.2) is 24.3 Å². The van der Waals surface area contributed by atoms with Gasteiger partial charge in [-0.25, -0.2) is 0 Å².